The number of hydrogen-bond donors (Lipinski definition) is 2. The number of sulfonamides is 1. The van der Waals surface area contributed by atoms with Gasteiger partial charge >= 0.3 is 0 Å². The Morgan fingerprint density at radius 1 is 0.933 bits per heavy atom. The van der Waals surface area contributed by atoms with E-state index in [4.69, 9.17) is 0 Å². The highest BCUT2D eigenvalue weighted by Gasteiger charge is 2.16. The molecule has 2 N–H and O–H groups in total. The summed E-state index contributed by atoms with van der Waals surface area (Å²) < 4.78 is 27.8. The molecule has 154 valence electrons. The van der Waals surface area contributed by atoms with E-state index in [2.05, 4.69) is 10.0 Å². The molecule has 30 heavy (non-hydrogen) atoms. The maximum Gasteiger partial charge on any atom is 0.269 e. The van der Waals surface area contributed by atoms with Gasteiger partial charge in [-0.25, -0.2) is 8.42 Å². The minimum atomic E-state index is -3.79. The normalized spacial score (nSPS) is 11.0. The number of nitro groups is 1. The summed E-state index contributed by atoms with van der Waals surface area (Å²) in [6.07, 6.45) is 0. The fraction of sp³-hybridized carbons (Fsp3) is 0.0952. The molecular weight excluding hydrogens is 406 g/mol. The molecule has 0 radical (unpaired) electrons. The molecular formula is C21H19N3O5S. The molecule has 0 saturated heterocycles. The van der Waals surface area contributed by atoms with Crippen molar-refractivity contribution in [3.8, 4) is 0 Å². The van der Waals surface area contributed by atoms with Gasteiger partial charge in [-0.15, -0.1) is 0 Å². The highest BCUT2D eigenvalue weighted by Crippen LogP contribution is 2.22. The maximum atomic E-state index is 12.6. The van der Waals surface area contributed by atoms with E-state index in [0.29, 0.717) is 11.4 Å². The average Bonchev–Trinajstić information content (AvgIpc) is 2.70. The number of nitrogens with zero attached hydrogens (tertiary/aromatic N) is 1. The van der Waals surface area contributed by atoms with Crippen molar-refractivity contribution in [2.45, 2.75) is 18.7 Å². The van der Waals surface area contributed by atoms with Crippen molar-refractivity contribution in [2.75, 3.05) is 10.0 Å². The van der Waals surface area contributed by atoms with Crippen molar-refractivity contribution >= 4 is 33.0 Å². The van der Waals surface area contributed by atoms with Gasteiger partial charge in [-0.1, -0.05) is 17.7 Å². The molecule has 3 rings (SSSR count). The topological polar surface area (TPSA) is 118 Å². The first-order chi connectivity index (χ1) is 14.2. The van der Waals surface area contributed by atoms with E-state index in [1.165, 1.54) is 48.5 Å². The summed E-state index contributed by atoms with van der Waals surface area (Å²) >= 11 is 0. The molecule has 0 unspecified atom stereocenters. The zero-order valence-electron chi connectivity index (χ0n) is 16.2. The van der Waals surface area contributed by atoms with Crippen molar-refractivity contribution in [3.05, 3.63) is 93.5 Å². The standard InChI is InChI=1S/C21H19N3O5S/c1-14-3-12-20(15(2)13-14)23-30(28,29)19-10-6-17(7-11-19)22-21(25)16-4-8-18(9-5-16)24(26)27/h3-13,23H,1-2H3,(H,22,25). The number of nitro benzene ring substituents is 1. The van der Waals surface area contributed by atoms with Crippen LogP contribution in [0, 0.1) is 24.0 Å². The fourth-order valence-corrected chi connectivity index (χ4v) is 3.92. The number of hydrogen-bond acceptors (Lipinski definition) is 5. The third-order valence-electron chi connectivity index (χ3n) is 4.39. The van der Waals surface area contributed by atoms with Gasteiger partial charge in [-0.2, -0.15) is 0 Å². The van der Waals surface area contributed by atoms with Crippen LogP contribution in [0.1, 0.15) is 21.5 Å². The van der Waals surface area contributed by atoms with Crippen LogP contribution < -0.4 is 10.0 Å². The van der Waals surface area contributed by atoms with E-state index in [1.807, 2.05) is 26.0 Å². The Bertz CT molecular complexity index is 1200. The van der Waals surface area contributed by atoms with Crippen LogP contribution in [-0.4, -0.2) is 19.2 Å². The zero-order chi connectivity index (χ0) is 21.9. The fourth-order valence-electron chi connectivity index (χ4n) is 2.79. The predicted molar refractivity (Wildman–Crippen MR) is 114 cm³/mol. The third-order valence-corrected chi connectivity index (χ3v) is 5.77. The number of anilines is 2. The molecule has 0 aliphatic heterocycles. The molecule has 0 atom stereocenters. The Balaban J connectivity index is 1.72. The van der Waals surface area contributed by atoms with E-state index < -0.39 is 20.9 Å². The first kappa shape index (κ1) is 21.0. The summed E-state index contributed by atoms with van der Waals surface area (Å²) in [5.41, 5.74) is 2.86. The number of amides is 1. The smallest absolute Gasteiger partial charge is 0.269 e. The molecule has 0 fully saturated rings. The molecule has 0 bridgehead atoms. The van der Waals surface area contributed by atoms with Gasteiger partial charge in [0, 0.05) is 23.4 Å². The van der Waals surface area contributed by atoms with Crippen molar-refractivity contribution in [1.29, 1.82) is 0 Å². The molecule has 1 amide bonds. The van der Waals surface area contributed by atoms with Crippen molar-refractivity contribution < 1.29 is 18.1 Å². The van der Waals surface area contributed by atoms with Gasteiger partial charge in [0.2, 0.25) is 0 Å². The van der Waals surface area contributed by atoms with E-state index in [9.17, 15) is 23.3 Å². The second-order valence-corrected chi connectivity index (χ2v) is 8.39. The van der Waals surface area contributed by atoms with Crippen LogP contribution in [0.25, 0.3) is 0 Å². The Hall–Kier alpha value is -3.72. The van der Waals surface area contributed by atoms with Gasteiger partial charge in [0.15, 0.2) is 0 Å². The summed E-state index contributed by atoms with van der Waals surface area (Å²) in [4.78, 5) is 22.5. The molecule has 9 heteroatoms. The van der Waals surface area contributed by atoms with E-state index in [0.717, 1.165) is 11.1 Å². The first-order valence-corrected chi connectivity index (χ1v) is 10.4. The zero-order valence-corrected chi connectivity index (χ0v) is 17.1. The van der Waals surface area contributed by atoms with Crippen molar-refractivity contribution in [1.82, 2.24) is 0 Å². The lowest BCUT2D eigenvalue weighted by Crippen LogP contribution is -2.14. The van der Waals surface area contributed by atoms with Gasteiger partial charge in [0.05, 0.1) is 15.5 Å². The molecule has 0 aromatic heterocycles. The Labute approximate surface area is 173 Å². The summed E-state index contributed by atoms with van der Waals surface area (Å²) in [6, 6.07) is 16.3. The number of rotatable bonds is 6. The third kappa shape index (κ3) is 4.81. The quantitative estimate of drug-likeness (QED) is 0.452. The SMILES string of the molecule is Cc1ccc(NS(=O)(=O)c2ccc(NC(=O)c3ccc([N+](=O)[O-])cc3)cc2)c(C)c1. The molecule has 3 aromatic carbocycles. The molecule has 0 aliphatic carbocycles. The average molecular weight is 425 g/mol. The van der Waals surface area contributed by atoms with E-state index in [-0.39, 0.29) is 16.1 Å². The minimum absolute atomic E-state index is 0.0517. The number of carbonyl (C=O) groups is 1. The largest absolute Gasteiger partial charge is 0.322 e. The van der Waals surface area contributed by atoms with Crippen LogP contribution in [0.15, 0.2) is 71.6 Å². The van der Waals surface area contributed by atoms with Crippen LogP contribution in [0.5, 0.6) is 0 Å². The van der Waals surface area contributed by atoms with Crippen molar-refractivity contribution in [2.24, 2.45) is 0 Å². The molecule has 8 nitrogen and oxygen atoms in total. The second-order valence-electron chi connectivity index (χ2n) is 6.71. The first-order valence-electron chi connectivity index (χ1n) is 8.92. The van der Waals surface area contributed by atoms with Gasteiger partial charge in [-0.05, 0) is 61.9 Å². The predicted octanol–water partition coefficient (Wildman–Crippen LogP) is 4.26. The molecule has 0 aliphatic rings. The number of carbonyl (C=O) groups excluding carboxylic acids is 1. The van der Waals surface area contributed by atoms with Crippen LogP contribution >= 0.6 is 0 Å². The number of nitrogens with one attached hydrogen (secondary N) is 2. The van der Waals surface area contributed by atoms with Crippen LogP contribution in [0.2, 0.25) is 0 Å². The van der Waals surface area contributed by atoms with Gasteiger partial charge in [-0.3, -0.25) is 19.6 Å². The van der Waals surface area contributed by atoms with Gasteiger partial charge < -0.3 is 5.32 Å². The maximum absolute atomic E-state index is 12.6. The Morgan fingerprint density at radius 2 is 1.57 bits per heavy atom. The van der Waals surface area contributed by atoms with E-state index in [1.54, 1.807) is 6.07 Å². The number of aryl methyl sites for hydroxylation is 2. The van der Waals surface area contributed by atoms with Crippen molar-refractivity contribution in [3.63, 3.8) is 0 Å². The molecule has 3 aromatic rings. The summed E-state index contributed by atoms with van der Waals surface area (Å²) in [6.45, 7) is 3.75. The summed E-state index contributed by atoms with van der Waals surface area (Å²) in [7, 11) is -3.79. The summed E-state index contributed by atoms with van der Waals surface area (Å²) in [5.74, 6) is -0.464. The lowest BCUT2D eigenvalue weighted by atomic mass is 10.1. The number of benzene rings is 3. The van der Waals surface area contributed by atoms with Crippen LogP contribution in [0.4, 0.5) is 17.1 Å². The molecule has 0 spiro atoms. The molecule has 0 saturated carbocycles. The monoisotopic (exact) mass is 425 g/mol. The van der Waals surface area contributed by atoms with E-state index >= 15 is 0 Å². The van der Waals surface area contributed by atoms with Gasteiger partial charge in [0.25, 0.3) is 21.6 Å². The van der Waals surface area contributed by atoms with Crippen LogP contribution in [-0.2, 0) is 10.0 Å². The lowest BCUT2D eigenvalue weighted by molar-refractivity contribution is -0.384. The highest BCUT2D eigenvalue weighted by atomic mass is 32.2. The van der Waals surface area contributed by atoms with Crippen LogP contribution in [0.3, 0.4) is 0 Å². The minimum Gasteiger partial charge on any atom is -0.322 e. The molecule has 0 heterocycles. The Morgan fingerprint density at radius 3 is 2.13 bits per heavy atom. The summed E-state index contributed by atoms with van der Waals surface area (Å²) in [5, 5.41) is 13.3. The van der Waals surface area contributed by atoms with Gasteiger partial charge in [0.1, 0.15) is 0 Å². The number of non-ortho nitro benzene ring substituents is 1. The highest BCUT2D eigenvalue weighted by molar-refractivity contribution is 7.92. The Kier molecular flexibility index (Phi) is 5.84. The second kappa shape index (κ2) is 8.34. The lowest BCUT2D eigenvalue weighted by Gasteiger charge is -2.12.